The molecule has 0 aliphatic heterocycles. The van der Waals surface area contributed by atoms with Crippen LogP contribution in [0.4, 0.5) is 19.0 Å². The predicted molar refractivity (Wildman–Crippen MR) is 103 cm³/mol. The minimum absolute atomic E-state index is 0.0135. The zero-order valence-electron chi connectivity index (χ0n) is 15.2. The molecule has 146 valence electrons. The highest BCUT2D eigenvalue weighted by molar-refractivity contribution is 6.05. The van der Waals surface area contributed by atoms with Crippen molar-refractivity contribution in [3.8, 4) is 11.3 Å². The monoisotopic (exact) mass is 396 g/mol. The molecule has 1 N–H and O–H groups in total. The molecule has 3 aromatic heterocycles. The highest BCUT2D eigenvalue weighted by Gasteiger charge is 2.32. The number of carbonyl (C=O) groups is 1. The van der Waals surface area contributed by atoms with E-state index in [1.807, 2.05) is 49.4 Å². The summed E-state index contributed by atoms with van der Waals surface area (Å²) in [7, 11) is 0. The Kier molecular flexibility index (Phi) is 4.54. The molecule has 0 unspecified atom stereocenters. The molecule has 3 heterocycles. The van der Waals surface area contributed by atoms with E-state index in [4.69, 9.17) is 0 Å². The van der Waals surface area contributed by atoms with Gasteiger partial charge in [-0.05, 0) is 30.7 Å². The van der Waals surface area contributed by atoms with Crippen LogP contribution < -0.4 is 5.32 Å². The number of hydrogen-bond acceptors (Lipinski definition) is 3. The van der Waals surface area contributed by atoms with E-state index in [0.717, 1.165) is 29.5 Å². The molecule has 0 fully saturated rings. The topological polar surface area (TPSA) is 59.3 Å². The van der Waals surface area contributed by atoms with Crippen LogP contribution in [0, 0.1) is 6.92 Å². The first kappa shape index (κ1) is 18.7. The average Bonchev–Trinajstić information content (AvgIpc) is 3.08. The maximum absolute atomic E-state index is 12.7. The molecule has 0 saturated heterocycles. The summed E-state index contributed by atoms with van der Waals surface area (Å²) >= 11 is 0. The number of rotatable bonds is 3. The number of nitrogens with one attached hydrogen (secondary N) is 1. The number of benzene rings is 1. The van der Waals surface area contributed by atoms with E-state index in [1.165, 1.54) is 0 Å². The van der Waals surface area contributed by atoms with Gasteiger partial charge in [0.1, 0.15) is 22.9 Å². The first-order chi connectivity index (χ1) is 13.8. The third-order valence-electron chi connectivity index (χ3n) is 4.44. The summed E-state index contributed by atoms with van der Waals surface area (Å²) in [6.07, 6.45) is -1.88. The molecule has 4 aromatic rings. The van der Waals surface area contributed by atoms with Crippen LogP contribution in [0.1, 0.15) is 21.6 Å². The van der Waals surface area contributed by atoms with E-state index in [2.05, 4.69) is 15.3 Å². The van der Waals surface area contributed by atoms with Crippen molar-refractivity contribution in [1.82, 2.24) is 14.4 Å². The molecule has 0 atom stereocenters. The van der Waals surface area contributed by atoms with Crippen molar-refractivity contribution in [2.24, 2.45) is 0 Å². The Balaban J connectivity index is 1.75. The van der Waals surface area contributed by atoms with Crippen LogP contribution in [0.25, 0.3) is 16.9 Å². The summed E-state index contributed by atoms with van der Waals surface area (Å²) in [6, 6.07) is 14.9. The lowest BCUT2D eigenvalue weighted by molar-refractivity contribution is -0.141. The number of alkyl halides is 3. The van der Waals surface area contributed by atoms with Crippen molar-refractivity contribution in [3.63, 3.8) is 0 Å². The Morgan fingerprint density at radius 2 is 1.79 bits per heavy atom. The number of halogens is 3. The highest BCUT2D eigenvalue weighted by Crippen LogP contribution is 2.30. The summed E-state index contributed by atoms with van der Waals surface area (Å²) < 4.78 is 39.9. The van der Waals surface area contributed by atoms with Crippen LogP contribution >= 0.6 is 0 Å². The third kappa shape index (κ3) is 3.56. The molecule has 4 rings (SSSR count). The number of hydrogen-bond donors (Lipinski definition) is 1. The van der Waals surface area contributed by atoms with E-state index in [9.17, 15) is 18.0 Å². The third-order valence-corrected chi connectivity index (χ3v) is 4.44. The van der Waals surface area contributed by atoms with Crippen molar-refractivity contribution in [1.29, 1.82) is 0 Å². The molecule has 0 spiro atoms. The number of anilines is 1. The molecule has 0 saturated carbocycles. The van der Waals surface area contributed by atoms with Crippen LogP contribution in [-0.2, 0) is 6.18 Å². The fraction of sp³-hybridized carbons (Fsp3) is 0.0952. The van der Waals surface area contributed by atoms with Gasteiger partial charge in [0.25, 0.3) is 5.91 Å². The van der Waals surface area contributed by atoms with Gasteiger partial charge in [0.2, 0.25) is 0 Å². The lowest BCUT2D eigenvalue weighted by Gasteiger charge is -2.09. The lowest BCUT2D eigenvalue weighted by atomic mass is 10.1. The first-order valence-corrected chi connectivity index (χ1v) is 8.72. The van der Waals surface area contributed by atoms with Crippen molar-refractivity contribution >= 4 is 17.4 Å². The number of carbonyl (C=O) groups excluding carboxylic acids is 1. The molecule has 5 nitrogen and oxygen atoms in total. The zero-order valence-corrected chi connectivity index (χ0v) is 15.2. The fourth-order valence-electron chi connectivity index (χ4n) is 3.00. The Bertz CT molecular complexity index is 1180. The van der Waals surface area contributed by atoms with E-state index in [-0.39, 0.29) is 5.56 Å². The van der Waals surface area contributed by atoms with Crippen molar-refractivity contribution < 1.29 is 18.0 Å². The number of aryl methyl sites for hydroxylation is 1. The normalized spacial score (nSPS) is 11.6. The number of fused-ring (bicyclic) bond motifs is 1. The van der Waals surface area contributed by atoms with Gasteiger partial charge < -0.3 is 5.32 Å². The lowest BCUT2D eigenvalue weighted by Crippen LogP contribution is -2.15. The van der Waals surface area contributed by atoms with Crippen molar-refractivity contribution in [2.45, 2.75) is 13.1 Å². The van der Waals surface area contributed by atoms with E-state index in [1.54, 1.807) is 10.6 Å². The second kappa shape index (κ2) is 7.05. The average molecular weight is 396 g/mol. The molecular formula is C21H15F3N4O. The molecule has 0 bridgehead atoms. The van der Waals surface area contributed by atoms with Crippen LogP contribution in [0.5, 0.6) is 0 Å². The Morgan fingerprint density at radius 1 is 1.03 bits per heavy atom. The van der Waals surface area contributed by atoms with Gasteiger partial charge >= 0.3 is 6.18 Å². The molecule has 1 aromatic carbocycles. The summed E-state index contributed by atoms with van der Waals surface area (Å²) in [4.78, 5) is 20.7. The van der Waals surface area contributed by atoms with E-state index >= 15 is 0 Å². The minimum atomic E-state index is -4.56. The SMILES string of the molecule is Cc1cccn2c(NC(=O)c3ccc(C(F)(F)F)nc3)c(-c3ccccc3)nc12. The molecule has 0 radical (unpaired) electrons. The Hall–Kier alpha value is -3.68. The summed E-state index contributed by atoms with van der Waals surface area (Å²) in [6.45, 7) is 1.91. The number of pyridine rings is 2. The van der Waals surface area contributed by atoms with Gasteiger partial charge in [-0.15, -0.1) is 0 Å². The fourth-order valence-corrected chi connectivity index (χ4v) is 3.00. The molecule has 0 aliphatic carbocycles. The summed E-state index contributed by atoms with van der Waals surface area (Å²) in [5.41, 5.74) is 1.92. The largest absolute Gasteiger partial charge is 0.433 e. The highest BCUT2D eigenvalue weighted by atomic mass is 19.4. The molecular weight excluding hydrogens is 381 g/mol. The van der Waals surface area contributed by atoms with Crippen LogP contribution in [0.2, 0.25) is 0 Å². The number of aromatic nitrogens is 3. The molecule has 0 aliphatic rings. The number of amides is 1. The number of imidazole rings is 1. The second-order valence-electron chi connectivity index (χ2n) is 6.44. The minimum Gasteiger partial charge on any atom is -0.306 e. The van der Waals surface area contributed by atoms with Crippen molar-refractivity contribution in [2.75, 3.05) is 5.32 Å². The summed E-state index contributed by atoms with van der Waals surface area (Å²) in [5.74, 6) is -0.147. The van der Waals surface area contributed by atoms with E-state index in [0.29, 0.717) is 17.2 Å². The van der Waals surface area contributed by atoms with Crippen molar-refractivity contribution in [3.05, 3.63) is 83.8 Å². The number of nitrogens with zero attached hydrogens (tertiary/aromatic N) is 3. The van der Waals surface area contributed by atoms with Gasteiger partial charge in [-0.3, -0.25) is 14.2 Å². The van der Waals surface area contributed by atoms with Gasteiger partial charge in [0.05, 0.1) is 5.56 Å². The Morgan fingerprint density at radius 3 is 2.45 bits per heavy atom. The molecule has 1 amide bonds. The maximum Gasteiger partial charge on any atom is 0.433 e. The predicted octanol–water partition coefficient (Wildman–Crippen LogP) is 4.98. The standard InChI is InChI=1S/C21H15F3N4O/c1-13-6-5-11-28-18(13)26-17(14-7-3-2-4-8-14)19(28)27-20(29)15-9-10-16(25-12-15)21(22,23)24/h2-12H,1H3,(H,27,29). The van der Waals surface area contributed by atoms with Gasteiger partial charge in [0.15, 0.2) is 0 Å². The van der Waals surface area contributed by atoms with Gasteiger partial charge in [0, 0.05) is 18.0 Å². The van der Waals surface area contributed by atoms with Crippen LogP contribution in [-0.4, -0.2) is 20.3 Å². The second-order valence-corrected chi connectivity index (χ2v) is 6.44. The Labute approximate surface area is 163 Å². The van der Waals surface area contributed by atoms with Gasteiger partial charge in [-0.1, -0.05) is 36.4 Å². The van der Waals surface area contributed by atoms with E-state index < -0.39 is 17.8 Å². The van der Waals surface area contributed by atoms with Gasteiger partial charge in [-0.2, -0.15) is 13.2 Å². The maximum atomic E-state index is 12.7. The molecule has 29 heavy (non-hydrogen) atoms. The zero-order chi connectivity index (χ0) is 20.6. The smallest absolute Gasteiger partial charge is 0.306 e. The van der Waals surface area contributed by atoms with Crippen LogP contribution in [0.3, 0.4) is 0 Å². The quantitative estimate of drug-likeness (QED) is 0.532. The first-order valence-electron chi connectivity index (χ1n) is 8.72. The van der Waals surface area contributed by atoms with Gasteiger partial charge in [-0.25, -0.2) is 4.98 Å². The molecule has 8 heteroatoms. The van der Waals surface area contributed by atoms with Crippen LogP contribution in [0.15, 0.2) is 67.0 Å². The summed E-state index contributed by atoms with van der Waals surface area (Å²) in [5, 5.41) is 2.77.